The molecule has 0 saturated carbocycles. The van der Waals surface area contributed by atoms with Crippen molar-refractivity contribution in [1.29, 1.82) is 0 Å². The average molecular weight is 429 g/mol. The number of hydrogen-bond acceptors (Lipinski definition) is 4. The van der Waals surface area contributed by atoms with E-state index in [0.29, 0.717) is 18.7 Å². The Morgan fingerprint density at radius 2 is 1.97 bits per heavy atom. The predicted molar refractivity (Wildman–Crippen MR) is 127 cm³/mol. The largest absolute Gasteiger partial charge is 0.489 e. The lowest BCUT2D eigenvalue weighted by molar-refractivity contribution is 0.0426. The van der Waals surface area contributed by atoms with Crippen molar-refractivity contribution in [1.82, 2.24) is 4.90 Å². The molecule has 0 aromatic heterocycles. The highest BCUT2D eigenvalue weighted by atomic mass is 16.5. The molecule has 5 rings (SSSR count). The number of hydrogen-bond donors (Lipinski definition) is 1. The summed E-state index contributed by atoms with van der Waals surface area (Å²) in [5.74, 6) is 0.771. The molecule has 1 amide bonds. The summed E-state index contributed by atoms with van der Waals surface area (Å²) < 4.78 is 12.1. The van der Waals surface area contributed by atoms with Gasteiger partial charge in [-0.2, -0.15) is 0 Å². The summed E-state index contributed by atoms with van der Waals surface area (Å²) in [6.07, 6.45) is 1.67. The van der Waals surface area contributed by atoms with Gasteiger partial charge in [0.15, 0.2) is 0 Å². The molecule has 2 unspecified atom stereocenters. The Labute approximate surface area is 188 Å². The van der Waals surface area contributed by atoms with Crippen LogP contribution < -0.4 is 10.1 Å². The van der Waals surface area contributed by atoms with Crippen molar-refractivity contribution in [3.63, 3.8) is 0 Å². The van der Waals surface area contributed by atoms with Crippen LogP contribution in [0.4, 0.5) is 5.69 Å². The van der Waals surface area contributed by atoms with Gasteiger partial charge in [0.25, 0.3) is 5.91 Å². The molecule has 0 radical (unpaired) electrons. The Morgan fingerprint density at radius 3 is 2.78 bits per heavy atom. The fraction of sp³-hybridized carbons (Fsp3) is 0.296. The van der Waals surface area contributed by atoms with Crippen LogP contribution in [-0.4, -0.2) is 36.7 Å². The Hall–Kier alpha value is -3.31. The van der Waals surface area contributed by atoms with E-state index in [1.807, 2.05) is 54.3 Å². The van der Waals surface area contributed by atoms with Gasteiger partial charge >= 0.3 is 0 Å². The molecule has 0 aliphatic carbocycles. The fourth-order valence-corrected chi connectivity index (χ4v) is 4.60. The number of anilines is 1. The average Bonchev–Trinajstić information content (AvgIpc) is 3.32. The van der Waals surface area contributed by atoms with Gasteiger partial charge in [0.05, 0.1) is 11.7 Å². The lowest BCUT2D eigenvalue weighted by Crippen LogP contribution is -2.46. The fourth-order valence-electron chi connectivity index (χ4n) is 4.60. The normalized spacial score (nSPS) is 20.2. The minimum absolute atomic E-state index is 0.0126. The van der Waals surface area contributed by atoms with E-state index in [9.17, 15) is 4.79 Å². The SMILES string of the molecule is C=C(C)COc1ccc2ccccc2c1C1Nc2ccccc2C(=O)N1CC1CCCO1. The maximum absolute atomic E-state index is 13.7. The summed E-state index contributed by atoms with van der Waals surface area (Å²) in [6.45, 7) is 7.64. The third kappa shape index (κ3) is 3.84. The quantitative estimate of drug-likeness (QED) is 0.524. The molecule has 2 aliphatic rings. The lowest BCUT2D eigenvalue weighted by Gasteiger charge is -2.40. The second-order valence-corrected chi connectivity index (χ2v) is 8.63. The molecular weight excluding hydrogens is 400 g/mol. The summed E-state index contributed by atoms with van der Waals surface area (Å²) in [4.78, 5) is 15.6. The van der Waals surface area contributed by atoms with Gasteiger partial charge in [-0.3, -0.25) is 4.79 Å². The number of nitrogens with zero attached hydrogens (tertiary/aromatic N) is 1. The molecule has 5 heteroatoms. The van der Waals surface area contributed by atoms with Crippen molar-refractivity contribution in [3.8, 4) is 5.75 Å². The molecular formula is C27H28N2O3. The number of amides is 1. The summed E-state index contributed by atoms with van der Waals surface area (Å²) in [5.41, 5.74) is 3.43. The first-order valence-electron chi connectivity index (χ1n) is 11.2. The Balaban J connectivity index is 1.65. The standard InChI is InChI=1S/C27H28N2O3/c1-18(2)17-32-24-14-13-19-8-3-4-10-21(19)25(24)26-28-23-12-6-5-11-22(23)27(30)29(26)16-20-9-7-15-31-20/h3-6,8,10-14,20,26,28H,1,7,9,15-17H2,2H3. The van der Waals surface area contributed by atoms with Crippen molar-refractivity contribution in [2.45, 2.75) is 32.0 Å². The lowest BCUT2D eigenvalue weighted by atomic mass is 9.97. The van der Waals surface area contributed by atoms with Gasteiger partial charge in [-0.1, -0.05) is 49.0 Å². The second-order valence-electron chi connectivity index (χ2n) is 8.63. The van der Waals surface area contributed by atoms with Crippen molar-refractivity contribution in [3.05, 3.63) is 83.9 Å². The van der Waals surface area contributed by atoms with Crippen LogP contribution in [0.2, 0.25) is 0 Å². The summed E-state index contributed by atoms with van der Waals surface area (Å²) in [5, 5.41) is 5.81. The van der Waals surface area contributed by atoms with Crippen LogP contribution in [-0.2, 0) is 4.74 Å². The van der Waals surface area contributed by atoms with Crippen LogP contribution in [0.5, 0.6) is 5.75 Å². The third-order valence-electron chi connectivity index (χ3n) is 6.12. The maximum Gasteiger partial charge on any atom is 0.257 e. The van der Waals surface area contributed by atoms with Crippen molar-refractivity contribution >= 4 is 22.4 Å². The van der Waals surface area contributed by atoms with Gasteiger partial charge in [-0.25, -0.2) is 0 Å². The zero-order chi connectivity index (χ0) is 22.1. The monoisotopic (exact) mass is 428 g/mol. The molecule has 1 fully saturated rings. The van der Waals surface area contributed by atoms with Crippen molar-refractivity contribution in [2.24, 2.45) is 0 Å². The van der Waals surface area contributed by atoms with Gasteiger partial charge in [0, 0.05) is 24.4 Å². The smallest absolute Gasteiger partial charge is 0.257 e. The molecule has 5 nitrogen and oxygen atoms in total. The molecule has 2 atom stereocenters. The molecule has 1 N–H and O–H groups in total. The highest BCUT2D eigenvalue weighted by Gasteiger charge is 2.37. The Kier molecular flexibility index (Phi) is 5.58. The number of ether oxygens (including phenoxy) is 2. The van der Waals surface area contributed by atoms with Gasteiger partial charge in [-0.05, 0) is 54.3 Å². The zero-order valence-corrected chi connectivity index (χ0v) is 18.3. The number of carbonyl (C=O) groups excluding carboxylic acids is 1. The van der Waals surface area contributed by atoms with Crippen LogP contribution in [0.15, 0.2) is 72.8 Å². The van der Waals surface area contributed by atoms with E-state index in [0.717, 1.165) is 52.8 Å². The molecule has 3 aromatic rings. The van der Waals surface area contributed by atoms with Gasteiger partial charge in [-0.15, -0.1) is 0 Å². The van der Waals surface area contributed by atoms with E-state index < -0.39 is 0 Å². The molecule has 2 heterocycles. The number of benzene rings is 3. The Morgan fingerprint density at radius 1 is 1.16 bits per heavy atom. The van der Waals surface area contributed by atoms with Gasteiger partial charge in [0.1, 0.15) is 18.5 Å². The van der Waals surface area contributed by atoms with Crippen molar-refractivity contribution < 1.29 is 14.3 Å². The van der Waals surface area contributed by atoms with E-state index in [1.165, 1.54) is 0 Å². The highest BCUT2D eigenvalue weighted by molar-refractivity contribution is 6.02. The molecule has 32 heavy (non-hydrogen) atoms. The van der Waals surface area contributed by atoms with Crippen LogP contribution in [0.25, 0.3) is 10.8 Å². The molecule has 0 spiro atoms. The number of para-hydroxylation sites is 1. The first kappa shape index (κ1) is 20.6. The van der Waals surface area contributed by atoms with Crippen molar-refractivity contribution in [2.75, 3.05) is 25.1 Å². The maximum atomic E-state index is 13.7. The van der Waals surface area contributed by atoms with E-state index in [1.54, 1.807) is 0 Å². The second kappa shape index (κ2) is 8.67. The summed E-state index contributed by atoms with van der Waals surface area (Å²) in [7, 11) is 0. The Bertz CT molecular complexity index is 1170. The molecule has 0 bridgehead atoms. The molecule has 2 aliphatic heterocycles. The zero-order valence-electron chi connectivity index (χ0n) is 18.3. The number of carbonyl (C=O) groups is 1. The van der Waals surface area contributed by atoms with E-state index in [2.05, 4.69) is 30.1 Å². The van der Waals surface area contributed by atoms with E-state index in [4.69, 9.17) is 9.47 Å². The first-order chi connectivity index (χ1) is 15.6. The molecule has 3 aromatic carbocycles. The third-order valence-corrected chi connectivity index (χ3v) is 6.12. The topological polar surface area (TPSA) is 50.8 Å². The highest BCUT2D eigenvalue weighted by Crippen LogP contribution is 2.41. The minimum Gasteiger partial charge on any atom is -0.489 e. The van der Waals surface area contributed by atoms with Crippen LogP contribution in [0.1, 0.15) is 41.9 Å². The van der Waals surface area contributed by atoms with Gasteiger partial charge in [0.2, 0.25) is 0 Å². The van der Waals surface area contributed by atoms with Gasteiger partial charge < -0.3 is 19.7 Å². The molecule has 1 saturated heterocycles. The molecule has 164 valence electrons. The van der Waals surface area contributed by atoms with Crippen LogP contribution >= 0.6 is 0 Å². The van der Waals surface area contributed by atoms with E-state index >= 15 is 0 Å². The van der Waals surface area contributed by atoms with E-state index in [-0.39, 0.29) is 18.2 Å². The summed E-state index contributed by atoms with van der Waals surface area (Å²) >= 11 is 0. The van der Waals surface area contributed by atoms with Crippen LogP contribution in [0, 0.1) is 0 Å². The number of fused-ring (bicyclic) bond motifs is 2. The minimum atomic E-state index is -0.368. The first-order valence-corrected chi connectivity index (χ1v) is 11.2. The number of rotatable bonds is 6. The predicted octanol–water partition coefficient (Wildman–Crippen LogP) is 5.54. The van der Waals surface area contributed by atoms with Crippen LogP contribution in [0.3, 0.4) is 0 Å². The number of nitrogens with one attached hydrogen (secondary N) is 1. The summed E-state index contributed by atoms with van der Waals surface area (Å²) in [6, 6.07) is 20.0.